The third-order valence-corrected chi connectivity index (χ3v) is 0.742. The van der Waals surface area contributed by atoms with Gasteiger partial charge in [0.15, 0.2) is 0 Å². The van der Waals surface area contributed by atoms with Crippen molar-refractivity contribution in [3.8, 4) is 11.8 Å². The molecule has 0 aromatic rings. The van der Waals surface area contributed by atoms with Crippen LogP contribution in [0.15, 0.2) is 12.7 Å². The number of rotatable bonds is 1. The van der Waals surface area contributed by atoms with E-state index in [-0.39, 0.29) is 6.10 Å². The number of allylic oxidation sites excluding steroid dienone is 1. The maximum absolute atomic E-state index is 4.83. The average molecular weight is 110 g/mol. The molecule has 0 rings (SSSR count). The first kappa shape index (κ1) is 7.26. The summed E-state index contributed by atoms with van der Waals surface area (Å²) in [6, 6.07) is 0. The van der Waals surface area contributed by atoms with Crippen molar-refractivity contribution in [1.29, 1.82) is 0 Å². The molecule has 0 aliphatic heterocycles. The molecule has 1 heteroatoms. The Morgan fingerprint density at radius 3 is 2.75 bits per heavy atom. The Balaban J connectivity index is 3.50. The van der Waals surface area contributed by atoms with Crippen LogP contribution < -0.4 is 0 Å². The summed E-state index contributed by atoms with van der Waals surface area (Å²) in [7, 11) is 1.63. The van der Waals surface area contributed by atoms with E-state index in [4.69, 9.17) is 4.74 Å². The summed E-state index contributed by atoms with van der Waals surface area (Å²) < 4.78 is 4.83. The second kappa shape index (κ2) is 4.42. The lowest BCUT2D eigenvalue weighted by molar-refractivity contribution is 0.163. The lowest BCUT2D eigenvalue weighted by atomic mass is 10.4. The monoisotopic (exact) mass is 110 g/mol. The van der Waals surface area contributed by atoms with Crippen molar-refractivity contribution in [2.75, 3.05) is 7.11 Å². The lowest BCUT2D eigenvalue weighted by Gasteiger charge is -1.95. The Morgan fingerprint density at radius 2 is 2.38 bits per heavy atom. The predicted molar refractivity (Wildman–Crippen MR) is 34.4 cm³/mol. The number of methoxy groups -OCH3 is 1. The largest absolute Gasteiger partial charge is 0.369 e. The van der Waals surface area contributed by atoms with Crippen molar-refractivity contribution < 1.29 is 4.74 Å². The van der Waals surface area contributed by atoms with E-state index in [1.807, 2.05) is 6.92 Å². The fraction of sp³-hybridized carbons (Fsp3) is 0.429. The van der Waals surface area contributed by atoms with Gasteiger partial charge in [0, 0.05) is 7.11 Å². The van der Waals surface area contributed by atoms with Gasteiger partial charge in [0.1, 0.15) is 6.10 Å². The Kier molecular flexibility index (Phi) is 4.01. The van der Waals surface area contributed by atoms with Gasteiger partial charge < -0.3 is 4.74 Å². The minimum atomic E-state index is 0.0213. The molecule has 0 aliphatic rings. The van der Waals surface area contributed by atoms with Crippen molar-refractivity contribution in [3.63, 3.8) is 0 Å². The van der Waals surface area contributed by atoms with Gasteiger partial charge in [-0.05, 0) is 13.0 Å². The lowest BCUT2D eigenvalue weighted by Crippen LogP contribution is -1.98. The fourth-order valence-corrected chi connectivity index (χ4v) is 0.235. The van der Waals surface area contributed by atoms with Gasteiger partial charge >= 0.3 is 0 Å². The van der Waals surface area contributed by atoms with Gasteiger partial charge in [0.25, 0.3) is 0 Å². The first-order chi connectivity index (χ1) is 3.81. The Hall–Kier alpha value is -0.740. The molecule has 0 spiro atoms. The van der Waals surface area contributed by atoms with Crippen LogP contribution in [0, 0.1) is 11.8 Å². The van der Waals surface area contributed by atoms with Crippen molar-refractivity contribution in [2.45, 2.75) is 13.0 Å². The quantitative estimate of drug-likeness (QED) is 0.461. The molecule has 0 N–H and O–H groups in total. The van der Waals surface area contributed by atoms with E-state index in [0.29, 0.717) is 0 Å². The highest BCUT2D eigenvalue weighted by Crippen LogP contribution is 1.80. The maximum atomic E-state index is 4.83. The van der Waals surface area contributed by atoms with E-state index in [0.717, 1.165) is 0 Å². The van der Waals surface area contributed by atoms with Crippen LogP contribution in [0.1, 0.15) is 6.92 Å². The third-order valence-electron chi connectivity index (χ3n) is 0.742. The third kappa shape index (κ3) is 3.45. The molecule has 0 aromatic carbocycles. The summed E-state index contributed by atoms with van der Waals surface area (Å²) in [5, 5.41) is 0. The average Bonchev–Trinajstić information content (AvgIpc) is 1.83. The smallest absolute Gasteiger partial charge is 0.115 e. The van der Waals surface area contributed by atoms with E-state index in [9.17, 15) is 0 Å². The molecule has 0 radical (unpaired) electrons. The molecule has 44 valence electrons. The molecular formula is C7H10O. The van der Waals surface area contributed by atoms with E-state index in [1.165, 1.54) is 0 Å². The van der Waals surface area contributed by atoms with Gasteiger partial charge in [-0.2, -0.15) is 0 Å². The zero-order valence-electron chi connectivity index (χ0n) is 5.27. The number of ether oxygens (including phenoxy) is 1. The molecule has 0 aliphatic carbocycles. The van der Waals surface area contributed by atoms with Crippen LogP contribution in [0.5, 0.6) is 0 Å². The van der Waals surface area contributed by atoms with E-state index < -0.39 is 0 Å². The van der Waals surface area contributed by atoms with Crippen LogP contribution in [-0.4, -0.2) is 13.2 Å². The SMILES string of the molecule is C=CC#CC(C)OC. The second-order valence-electron chi connectivity index (χ2n) is 1.37. The van der Waals surface area contributed by atoms with Gasteiger partial charge in [-0.15, -0.1) is 0 Å². The standard InChI is InChI=1S/C7H10O/c1-4-5-6-7(2)8-3/h4,7H,1H2,2-3H3. The summed E-state index contributed by atoms with van der Waals surface area (Å²) in [6.07, 6.45) is 1.57. The van der Waals surface area contributed by atoms with Gasteiger partial charge in [-0.25, -0.2) is 0 Å². The van der Waals surface area contributed by atoms with Crippen molar-refractivity contribution in [1.82, 2.24) is 0 Å². The summed E-state index contributed by atoms with van der Waals surface area (Å²) in [4.78, 5) is 0. The topological polar surface area (TPSA) is 9.23 Å². The van der Waals surface area contributed by atoms with E-state index >= 15 is 0 Å². The molecule has 0 fully saturated rings. The van der Waals surface area contributed by atoms with Gasteiger partial charge in [-0.1, -0.05) is 18.4 Å². The molecular weight excluding hydrogens is 100 g/mol. The molecule has 0 saturated carbocycles. The molecule has 0 saturated heterocycles. The first-order valence-corrected chi connectivity index (χ1v) is 2.46. The summed E-state index contributed by atoms with van der Waals surface area (Å²) in [6.45, 7) is 5.32. The minimum absolute atomic E-state index is 0.0213. The molecule has 0 heterocycles. The molecule has 0 amide bonds. The zero-order valence-corrected chi connectivity index (χ0v) is 5.27. The second-order valence-corrected chi connectivity index (χ2v) is 1.37. The summed E-state index contributed by atoms with van der Waals surface area (Å²) in [5.74, 6) is 5.48. The van der Waals surface area contributed by atoms with E-state index in [1.54, 1.807) is 13.2 Å². The fourth-order valence-electron chi connectivity index (χ4n) is 0.235. The number of hydrogen-bond donors (Lipinski definition) is 0. The molecule has 1 unspecified atom stereocenters. The van der Waals surface area contributed by atoms with Crippen LogP contribution in [0.25, 0.3) is 0 Å². The van der Waals surface area contributed by atoms with Crippen LogP contribution in [-0.2, 0) is 4.74 Å². The molecule has 0 bridgehead atoms. The summed E-state index contributed by atoms with van der Waals surface area (Å²) >= 11 is 0. The van der Waals surface area contributed by atoms with Crippen molar-refractivity contribution >= 4 is 0 Å². The molecule has 1 nitrogen and oxygen atoms in total. The highest BCUT2D eigenvalue weighted by Gasteiger charge is 1.85. The minimum Gasteiger partial charge on any atom is -0.369 e. The molecule has 0 aromatic heterocycles. The molecule has 1 atom stereocenters. The summed E-state index contributed by atoms with van der Waals surface area (Å²) in [5.41, 5.74) is 0. The van der Waals surface area contributed by atoms with Crippen LogP contribution in [0.2, 0.25) is 0 Å². The van der Waals surface area contributed by atoms with E-state index in [2.05, 4.69) is 18.4 Å². The zero-order chi connectivity index (χ0) is 6.41. The van der Waals surface area contributed by atoms with Crippen molar-refractivity contribution in [2.24, 2.45) is 0 Å². The maximum Gasteiger partial charge on any atom is 0.115 e. The Morgan fingerprint density at radius 1 is 1.75 bits per heavy atom. The van der Waals surface area contributed by atoms with Crippen LogP contribution in [0.4, 0.5) is 0 Å². The Labute approximate surface area is 50.4 Å². The van der Waals surface area contributed by atoms with Gasteiger partial charge in [-0.3, -0.25) is 0 Å². The highest BCUT2D eigenvalue weighted by molar-refractivity contribution is 5.14. The van der Waals surface area contributed by atoms with Crippen LogP contribution >= 0.6 is 0 Å². The molecule has 8 heavy (non-hydrogen) atoms. The normalized spacial score (nSPS) is 11.2. The van der Waals surface area contributed by atoms with Crippen LogP contribution in [0.3, 0.4) is 0 Å². The van der Waals surface area contributed by atoms with Crippen molar-refractivity contribution in [3.05, 3.63) is 12.7 Å². The highest BCUT2D eigenvalue weighted by atomic mass is 16.5. The van der Waals surface area contributed by atoms with Gasteiger partial charge in [0.05, 0.1) is 0 Å². The number of hydrogen-bond acceptors (Lipinski definition) is 1. The van der Waals surface area contributed by atoms with Gasteiger partial charge in [0.2, 0.25) is 0 Å². The Bertz CT molecular complexity index is 116. The first-order valence-electron chi connectivity index (χ1n) is 2.46. The predicted octanol–water partition coefficient (Wildman–Crippen LogP) is 1.21.